The van der Waals surface area contributed by atoms with Crippen molar-refractivity contribution in [2.75, 3.05) is 5.32 Å². The Morgan fingerprint density at radius 2 is 1.85 bits per heavy atom. The fraction of sp³-hybridized carbons (Fsp3) is 0.176. The number of rotatable bonds is 4. The third-order valence-electron chi connectivity index (χ3n) is 3.32. The number of aromatic nitrogens is 1. The monoisotopic (exact) mass is 282 g/mol. The molecule has 0 saturated heterocycles. The molecule has 0 radical (unpaired) electrons. The second-order valence-electron chi connectivity index (χ2n) is 4.96. The van der Waals surface area contributed by atoms with E-state index in [2.05, 4.69) is 72.5 Å². The van der Waals surface area contributed by atoms with E-state index in [0.29, 0.717) is 6.04 Å². The molecule has 2 aromatic heterocycles. The Balaban J connectivity index is 1.79. The summed E-state index contributed by atoms with van der Waals surface area (Å²) in [7, 11) is 0. The number of aryl methyl sites for hydroxylation is 1. The van der Waals surface area contributed by atoms with Gasteiger partial charge in [0.15, 0.2) is 0 Å². The molecule has 3 aromatic rings. The van der Waals surface area contributed by atoms with Gasteiger partial charge in [-0.25, -0.2) is 0 Å². The number of benzene rings is 1. The molecule has 1 N–H and O–H groups in total. The van der Waals surface area contributed by atoms with Crippen molar-refractivity contribution in [2.24, 2.45) is 0 Å². The zero-order chi connectivity index (χ0) is 13.9. The minimum atomic E-state index is 0.327. The molecule has 0 spiro atoms. The first-order valence-electron chi connectivity index (χ1n) is 6.79. The molecule has 0 saturated carbocycles. The lowest BCUT2D eigenvalue weighted by Crippen LogP contribution is -2.05. The lowest BCUT2D eigenvalue weighted by Gasteiger charge is -2.15. The van der Waals surface area contributed by atoms with Crippen molar-refractivity contribution in [2.45, 2.75) is 19.9 Å². The minimum Gasteiger partial charge on any atom is -0.378 e. The highest BCUT2D eigenvalue weighted by molar-refractivity contribution is 7.12. The van der Waals surface area contributed by atoms with E-state index in [0.717, 1.165) is 5.69 Å². The van der Waals surface area contributed by atoms with Crippen molar-refractivity contribution in [1.82, 2.24) is 4.57 Å². The van der Waals surface area contributed by atoms with E-state index in [1.165, 1.54) is 15.4 Å². The third-order valence-corrected chi connectivity index (χ3v) is 4.50. The molecule has 102 valence electrons. The van der Waals surface area contributed by atoms with E-state index in [4.69, 9.17) is 0 Å². The van der Waals surface area contributed by atoms with Crippen molar-refractivity contribution in [1.29, 1.82) is 0 Å². The van der Waals surface area contributed by atoms with Crippen LogP contribution in [0.3, 0.4) is 0 Å². The first-order chi connectivity index (χ1) is 9.72. The summed E-state index contributed by atoms with van der Waals surface area (Å²) in [6.07, 6.45) is 4.12. The molecule has 3 rings (SSSR count). The highest BCUT2D eigenvalue weighted by Gasteiger charge is 2.07. The normalized spacial score (nSPS) is 12.3. The number of nitrogens with zero attached hydrogens (tertiary/aromatic N) is 1. The molecule has 1 aromatic carbocycles. The smallest absolute Gasteiger partial charge is 0.0578 e. The highest BCUT2D eigenvalue weighted by atomic mass is 32.1. The molecule has 20 heavy (non-hydrogen) atoms. The summed E-state index contributed by atoms with van der Waals surface area (Å²) in [5.41, 5.74) is 2.32. The van der Waals surface area contributed by atoms with Gasteiger partial charge in [-0.3, -0.25) is 0 Å². The van der Waals surface area contributed by atoms with Crippen LogP contribution in [0, 0.1) is 6.92 Å². The van der Waals surface area contributed by atoms with E-state index in [9.17, 15) is 0 Å². The Kier molecular flexibility index (Phi) is 3.61. The molecule has 0 aliphatic rings. The molecular weight excluding hydrogens is 264 g/mol. The van der Waals surface area contributed by atoms with Crippen LogP contribution in [0.15, 0.2) is 60.9 Å². The summed E-state index contributed by atoms with van der Waals surface area (Å²) in [5, 5.41) is 3.57. The number of anilines is 1. The Hall–Kier alpha value is -2.00. The Bertz CT molecular complexity index is 683. The molecule has 1 atom stereocenters. The summed E-state index contributed by atoms with van der Waals surface area (Å²) in [6, 6.07) is 17.3. The largest absolute Gasteiger partial charge is 0.378 e. The summed E-state index contributed by atoms with van der Waals surface area (Å²) in [4.78, 5) is 2.73. The van der Waals surface area contributed by atoms with E-state index in [1.54, 1.807) is 0 Å². The van der Waals surface area contributed by atoms with Crippen molar-refractivity contribution >= 4 is 17.0 Å². The number of hydrogen-bond acceptors (Lipinski definition) is 2. The van der Waals surface area contributed by atoms with Crippen molar-refractivity contribution in [3.05, 3.63) is 70.7 Å². The van der Waals surface area contributed by atoms with Gasteiger partial charge in [0, 0.05) is 33.5 Å². The maximum absolute atomic E-state index is 3.57. The summed E-state index contributed by atoms with van der Waals surface area (Å²) in [6.45, 7) is 4.35. The van der Waals surface area contributed by atoms with Gasteiger partial charge in [0.25, 0.3) is 0 Å². The molecule has 0 fully saturated rings. The second kappa shape index (κ2) is 5.55. The maximum Gasteiger partial charge on any atom is 0.0578 e. The first-order valence-corrected chi connectivity index (χ1v) is 7.60. The summed E-state index contributed by atoms with van der Waals surface area (Å²) in [5.74, 6) is 0. The van der Waals surface area contributed by atoms with E-state index >= 15 is 0 Å². The van der Waals surface area contributed by atoms with Crippen LogP contribution in [-0.4, -0.2) is 4.57 Å². The summed E-state index contributed by atoms with van der Waals surface area (Å²) >= 11 is 1.85. The zero-order valence-corrected chi connectivity index (χ0v) is 12.5. The van der Waals surface area contributed by atoms with Crippen LogP contribution in [0.25, 0.3) is 5.69 Å². The van der Waals surface area contributed by atoms with Gasteiger partial charge in [-0.1, -0.05) is 6.07 Å². The summed E-state index contributed by atoms with van der Waals surface area (Å²) < 4.78 is 2.12. The number of hydrogen-bond donors (Lipinski definition) is 1. The minimum absolute atomic E-state index is 0.327. The van der Waals surface area contributed by atoms with Crippen LogP contribution in [0.1, 0.15) is 22.7 Å². The van der Waals surface area contributed by atoms with Crippen molar-refractivity contribution in [3.63, 3.8) is 0 Å². The predicted molar refractivity (Wildman–Crippen MR) is 86.9 cm³/mol. The average molecular weight is 282 g/mol. The lowest BCUT2D eigenvalue weighted by atomic mass is 10.2. The third kappa shape index (κ3) is 2.78. The molecule has 2 nitrogen and oxygen atoms in total. The van der Waals surface area contributed by atoms with Crippen LogP contribution in [0.2, 0.25) is 0 Å². The Labute approximate surface area is 123 Å². The molecule has 0 bridgehead atoms. The average Bonchev–Trinajstić information content (AvgIpc) is 3.10. The highest BCUT2D eigenvalue weighted by Crippen LogP contribution is 2.26. The Morgan fingerprint density at radius 3 is 2.55 bits per heavy atom. The maximum atomic E-state index is 3.57. The van der Waals surface area contributed by atoms with Gasteiger partial charge in [0.1, 0.15) is 0 Å². The Morgan fingerprint density at radius 1 is 1.05 bits per heavy atom. The number of thiophene rings is 1. The van der Waals surface area contributed by atoms with Gasteiger partial charge in [-0.15, -0.1) is 11.3 Å². The SMILES string of the molecule is Cc1ccc(C(C)Nc2cccc(-n3cccc3)c2)s1. The standard InChI is InChI=1S/C17H18N2S/c1-13-8-9-17(20-13)14(2)18-15-6-5-7-16(12-15)19-10-3-4-11-19/h3-12,14,18H,1-2H3. The quantitative estimate of drug-likeness (QED) is 0.711. The molecular formula is C17H18N2S. The van der Waals surface area contributed by atoms with Gasteiger partial charge in [0.05, 0.1) is 6.04 Å². The van der Waals surface area contributed by atoms with E-state index < -0.39 is 0 Å². The molecule has 0 amide bonds. The number of nitrogens with one attached hydrogen (secondary N) is 1. The fourth-order valence-electron chi connectivity index (χ4n) is 2.27. The van der Waals surface area contributed by atoms with E-state index in [-0.39, 0.29) is 0 Å². The van der Waals surface area contributed by atoms with Crippen LogP contribution >= 0.6 is 11.3 Å². The second-order valence-corrected chi connectivity index (χ2v) is 6.27. The van der Waals surface area contributed by atoms with Gasteiger partial charge in [-0.05, 0) is 56.3 Å². The van der Waals surface area contributed by atoms with Crippen LogP contribution in [0.4, 0.5) is 5.69 Å². The lowest BCUT2D eigenvalue weighted by molar-refractivity contribution is 0.907. The van der Waals surface area contributed by atoms with Gasteiger partial charge < -0.3 is 9.88 Å². The molecule has 0 aliphatic heterocycles. The topological polar surface area (TPSA) is 17.0 Å². The van der Waals surface area contributed by atoms with Gasteiger partial charge in [-0.2, -0.15) is 0 Å². The van der Waals surface area contributed by atoms with E-state index in [1.807, 2.05) is 23.5 Å². The molecule has 3 heteroatoms. The van der Waals surface area contributed by atoms with Crippen molar-refractivity contribution in [3.8, 4) is 5.69 Å². The van der Waals surface area contributed by atoms with Gasteiger partial charge >= 0.3 is 0 Å². The zero-order valence-electron chi connectivity index (χ0n) is 11.7. The van der Waals surface area contributed by atoms with Crippen LogP contribution in [-0.2, 0) is 0 Å². The van der Waals surface area contributed by atoms with Crippen LogP contribution in [0.5, 0.6) is 0 Å². The van der Waals surface area contributed by atoms with Crippen LogP contribution < -0.4 is 5.32 Å². The fourth-order valence-corrected chi connectivity index (χ4v) is 3.15. The molecule has 2 heterocycles. The first kappa shape index (κ1) is 13.0. The predicted octanol–water partition coefficient (Wildman–Crippen LogP) is 5.02. The molecule has 1 unspecified atom stereocenters. The van der Waals surface area contributed by atoms with Gasteiger partial charge in [0.2, 0.25) is 0 Å². The van der Waals surface area contributed by atoms with Crippen molar-refractivity contribution < 1.29 is 0 Å². The molecule has 0 aliphatic carbocycles.